The molecule has 0 unspecified atom stereocenters. The molecule has 4 nitrogen and oxygen atoms in total. The maximum atomic E-state index is 13.7. The summed E-state index contributed by atoms with van der Waals surface area (Å²) in [7, 11) is 0. The first-order valence-electron chi connectivity index (χ1n) is 8.20. The highest BCUT2D eigenvalue weighted by Crippen LogP contribution is 2.22. The molecule has 0 spiro atoms. The van der Waals surface area contributed by atoms with Gasteiger partial charge in [-0.1, -0.05) is 29.8 Å². The molecular formula is C21H13ClFN3O. The minimum atomic E-state index is -0.496. The van der Waals surface area contributed by atoms with Gasteiger partial charge in [-0.3, -0.25) is 14.3 Å². The number of nitrogens with zero attached hydrogens (tertiary/aromatic N) is 3. The van der Waals surface area contributed by atoms with Crippen molar-refractivity contribution in [2.75, 3.05) is 0 Å². The van der Waals surface area contributed by atoms with Crippen molar-refractivity contribution in [3.8, 4) is 5.69 Å². The van der Waals surface area contributed by atoms with Crippen LogP contribution in [0.2, 0.25) is 5.02 Å². The second-order valence-corrected chi connectivity index (χ2v) is 6.22. The maximum absolute atomic E-state index is 13.7. The summed E-state index contributed by atoms with van der Waals surface area (Å²) in [5, 5.41) is 0.578. The fourth-order valence-electron chi connectivity index (χ4n) is 2.79. The zero-order chi connectivity index (χ0) is 18.8. The molecule has 0 saturated carbocycles. The van der Waals surface area contributed by atoms with Gasteiger partial charge in [0.2, 0.25) is 0 Å². The monoisotopic (exact) mass is 377 g/mol. The Morgan fingerprint density at radius 1 is 1.00 bits per heavy atom. The molecule has 0 aliphatic heterocycles. The van der Waals surface area contributed by atoms with Crippen molar-refractivity contribution >= 4 is 34.7 Å². The van der Waals surface area contributed by atoms with Crippen LogP contribution in [0.1, 0.15) is 11.5 Å². The lowest BCUT2D eigenvalue weighted by atomic mass is 10.2. The average Bonchev–Trinajstić information content (AvgIpc) is 2.69. The number of aromatic nitrogens is 3. The molecule has 0 saturated heterocycles. The molecule has 0 bridgehead atoms. The highest BCUT2D eigenvalue weighted by Gasteiger charge is 2.14. The van der Waals surface area contributed by atoms with E-state index in [0.29, 0.717) is 22.1 Å². The van der Waals surface area contributed by atoms with Gasteiger partial charge in [0.15, 0.2) is 0 Å². The van der Waals surface area contributed by atoms with Crippen molar-refractivity contribution in [1.82, 2.24) is 14.5 Å². The van der Waals surface area contributed by atoms with Crippen LogP contribution in [0.4, 0.5) is 4.39 Å². The lowest BCUT2D eigenvalue weighted by Crippen LogP contribution is -2.22. The molecule has 27 heavy (non-hydrogen) atoms. The first kappa shape index (κ1) is 17.1. The van der Waals surface area contributed by atoms with Crippen LogP contribution in [0.25, 0.3) is 28.7 Å². The molecule has 0 amide bonds. The molecule has 0 aliphatic rings. The third-order valence-electron chi connectivity index (χ3n) is 4.04. The fraction of sp³-hybridized carbons (Fsp3) is 0. The standard InChI is InChI=1S/C21H13ClFN3O/c22-17-6-1-2-7-19(17)26-20(11-9-15-5-3-4-12-24-15)25-18-10-8-14(23)13-16(18)21(26)27/h1-13H/b11-9+. The number of benzene rings is 2. The first-order chi connectivity index (χ1) is 13.1. The summed E-state index contributed by atoms with van der Waals surface area (Å²) in [6.07, 6.45) is 5.12. The molecule has 2 aromatic carbocycles. The summed E-state index contributed by atoms with van der Waals surface area (Å²) >= 11 is 6.30. The van der Waals surface area contributed by atoms with E-state index in [1.807, 2.05) is 18.2 Å². The smallest absolute Gasteiger partial charge is 0.266 e. The molecule has 0 atom stereocenters. The van der Waals surface area contributed by atoms with Crippen LogP contribution in [0.3, 0.4) is 0 Å². The molecule has 0 aliphatic carbocycles. The van der Waals surface area contributed by atoms with Crippen molar-refractivity contribution in [3.63, 3.8) is 0 Å². The van der Waals surface area contributed by atoms with Crippen LogP contribution >= 0.6 is 11.6 Å². The topological polar surface area (TPSA) is 47.8 Å². The Morgan fingerprint density at radius 2 is 1.81 bits per heavy atom. The van der Waals surface area contributed by atoms with E-state index in [-0.39, 0.29) is 5.39 Å². The molecule has 132 valence electrons. The van der Waals surface area contributed by atoms with Crippen molar-refractivity contribution in [2.45, 2.75) is 0 Å². The van der Waals surface area contributed by atoms with E-state index >= 15 is 0 Å². The van der Waals surface area contributed by atoms with Crippen molar-refractivity contribution in [2.24, 2.45) is 0 Å². The van der Waals surface area contributed by atoms with E-state index < -0.39 is 11.4 Å². The molecule has 4 aromatic rings. The number of para-hydroxylation sites is 1. The molecule has 4 rings (SSSR count). The lowest BCUT2D eigenvalue weighted by molar-refractivity contribution is 0.629. The predicted octanol–water partition coefficient (Wildman–Crippen LogP) is 4.74. The predicted molar refractivity (Wildman–Crippen MR) is 105 cm³/mol. The quantitative estimate of drug-likeness (QED) is 0.518. The van der Waals surface area contributed by atoms with Crippen LogP contribution < -0.4 is 5.56 Å². The van der Waals surface area contributed by atoms with Crippen LogP contribution in [-0.4, -0.2) is 14.5 Å². The summed E-state index contributed by atoms with van der Waals surface area (Å²) < 4.78 is 15.1. The maximum Gasteiger partial charge on any atom is 0.266 e. The lowest BCUT2D eigenvalue weighted by Gasteiger charge is -2.12. The van der Waals surface area contributed by atoms with Crippen molar-refractivity contribution in [1.29, 1.82) is 0 Å². The zero-order valence-electron chi connectivity index (χ0n) is 14.0. The second kappa shape index (κ2) is 7.13. The van der Waals surface area contributed by atoms with Gasteiger partial charge in [0.25, 0.3) is 5.56 Å². The van der Waals surface area contributed by atoms with Gasteiger partial charge in [0.05, 0.1) is 27.3 Å². The number of rotatable bonds is 3. The Kier molecular flexibility index (Phi) is 4.52. The summed E-state index contributed by atoms with van der Waals surface area (Å²) in [4.78, 5) is 21.9. The molecular weight excluding hydrogens is 365 g/mol. The van der Waals surface area contributed by atoms with E-state index in [1.165, 1.54) is 22.8 Å². The summed E-state index contributed by atoms with van der Waals surface area (Å²) in [5.74, 6) is -0.123. The van der Waals surface area contributed by atoms with Gasteiger partial charge in [-0.25, -0.2) is 9.37 Å². The normalized spacial score (nSPS) is 11.3. The third kappa shape index (κ3) is 3.37. The highest BCUT2D eigenvalue weighted by atomic mass is 35.5. The van der Waals surface area contributed by atoms with E-state index in [2.05, 4.69) is 9.97 Å². The molecule has 0 radical (unpaired) electrons. The van der Waals surface area contributed by atoms with Gasteiger partial charge in [0, 0.05) is 6.20 Å². The summed E-state index contributed by atoms with van der Waals surface area (Å²) in [6.45, 7) is 0. The van der Waals surface area contributed by atoms with Gasteiger partial charge < -0.3 is 0 Å². The minimum Gasteiger partial charge on any atom is -0.268 e. The number of halogens is 2. The third-order valence-corrected chi connectivity index (χ3v) is 4.36. The van der Waals surface area contributed by atoms with E-state index in [0.717, 1.165) is 5.69 Å². The van der Waals surface area contributed by atoms with Gasteiger partial charge in [-0.15, -0.1) is 0 Å². The SMILES string of the molecule is O=c1c2cc(F)ccc2nc(/C=C/c2ccccn2)n1-c1ccccc1Cl. The minimum absolute atomic E-state index is 0.185. The Hall–Kier alpha value is -3.31. The van der Waals surface area contributed by atoms with Gasteiger partial charge in [0.1, 0.15) is 11.6 Å². The Bertz CT molecular complexity index is 1220. The molecule has 6 heteroatoms. The molecule has 0 N–H and O–H groups in total. The number of fused-ring (bicyclic) bond motifs is 1. The Labute approximate surface area is 159 Å². The van der Waals surface area contributed by atoms with Gasteiger partial charge >= 0.3 is 0 Å². The highest BCUT2D eigenvalue weighted by molar-refractivity contribution is 6.32. The van der Waals surface area contributed by atoms with E-state index in [1.54, 1.807) is 42.6 Å². The largest absolute Gasteiger partial charge is 0.268 e. The van der Waals surface area contributed by atoms with E-state index in [9.17, 15) is 9.18 Å². The van der Waals surface area contributed by atoms with Gasteiger partial charge in [-0.2, -0.15) is 0 Å². The van der Waals surface area contributed by atoms with E-state index in [4.69, 9.17) is 11.6 Å². The van der Waals surface area contributed by atoms with Crippen molar-refractivity contribution < 1.29 is 4.39 Å². The summed E-state index contributed by atoms with van der Waals surface area (Å²) in [5.41, 5.74) is 1.21. The van der Waals surface area contributed by atoms with Crippen LogP contribution in [0, 0.1) is 5.82 Å². The fourth-order valence-corrected chi connectivity index (χ4v) is 3.01. The average molecular weight is 378 g/mol. The number of hydrogen-bond acceptors (Lipinski definition) is 3. The van der Waals surface area contributed by atoms with Gasteiger partial charge in [-0.05, 0) is 54.6 Å². The summed E-state index contributed by atoms with van der Waals surface area (Å²) in [6, 6.07) is 16.4. The first-order valence-corrected chi connectivity index (χ1v) is 8.57. The Balaban J connectivity index is 2.00. The van der Waals surface area contributed by atoms with Crippen molar-refractivity contribution in [3.05, 3.63) is 99.6 Å². The van der Waals surface area contributed by atoms with Crippen LogP contribution in [0.5, 0.6) is 0 Å². The second-order valence-electron chi connectivity index (χ2n) is 5.81. The number of pyridine rings is 1. The van der Waals surface area contributed by atoms with Crippen LogP contribution in [0.15, 0.2) is 71.7 Å². The molecule has 2 aromatic heterocycles. The zero-order valence-corrected chi connectivity index (χ0v) is 14.8. The van der Waals surface area contributed by atoms with Crippen LogP contribution in [-0.2, 0) is 0 Å². The molecule has 0 fully saturated rings. The Morgan fingerprint density at radius 3 is 2.59 bits per heavy atom. The number of hydrogen-bond donors (Lipinski definition) is 0. The molecule has 2 heterocycles.